The Kier molecular flexibility index (Phi) is 5.20. The second kappa shape index (κ2) is 6.69. The maximum Gasteiger partial charge on any atom is 0.119 e. The van der Waals surface area contributed by atoms with Gasteiger partial charge in [-0.15, -0.1) is 0 Å². The number of hydrogen-bond acceptors (Lipinski definition) is 2. The Morgan fingerprint density at radius 3 is 2.58 bits per heavy atom. The lowest BCUT2D eigenvalue weighted by molar-refractivity contribution is 0.121. The van der Waals surface area contributed by atoms with Gasteiger partial charge >= 0.3 is 0 Å². The Bertz CT molecular complexity index is 394. The van der Waals surface area contributed by atoms with E-state index < -0.39 is 0 Å². The van der Waals surface area contributed by atoms with Crippen molar-refractivity contribution < 1.29 is 4.74 Å². The van der Waals surface area contributed by atoms with Crippen molar-refractivity contribution in [3.8, 4) is 5.75 Å². The Morgan fingerprint density at radius 2 is 1.95 bits per heavy atom. The summed E-state index contributed by atoms with van der Waals surface area (Å²) >= 11 is 4.57. The average Bonchev–Trinajstić information content (AvgIpc) is 2.46. The first-order valence-corrected chi connectivity index (χ1v) is 8.12. The Hall–Kier alpha value is -0.630. The van der Waals surface area contributed by atoms with E-state index in [9.17, 15) is 0 Å². The molecular formula is C17H26OS. The minimum absolute atomic E-state index is 0.301. The summed E-state index contributed by atoms with van der Waals surface area (Å²) < 4.78 is 6.08. The Balaban J connectivity index is 1.99. The van der Waals surface area contributed by atoms with E-state index >= 15 is 0 Å². The molecule has 0 amide bonds. The van der Waals surface area contributed by atoms with Gasteiger partial charge in [0, 0.05) is 5.41 Å². The maximum absolute atomic E-state index is 6.08. The van der Waals surface area contributed by atoms with E-state index in [-0.39, 0.29) is 0 Å². The highest BCUT2D eigenvalue weighted by Gasteiger charge is 2.31. The van der Waals surface area contributed by atoms with Crippen LogP contribution in [0.15, 0.2) is 24.3 Å². The molecule has 0 atom stereocenters. The molecule has 0 saturated heterocycles. The largest absolute Gasteiger partial charge is 0.493 e. The maximum atomic E-state index is 6.08. The van der Waals surface area contributed by atoms with Crippen LogP contribution in [0.4, 0.5) is 0 Å². The van der Waals surface area contributed by atoms with Gasteiger partial charge in [0.2, 0.25) is 0 Å². The molecule has 1 saturated carbocycles. The molecule has 0 unspecified atom stereocenters. The van der Waals surface area contributed by atoms with Crippen LogP contribution in [-0.2, 0) is 0 Å². The van der Waals surface area contributed by atoms with Crippen LogP contribution in [0.3, 0.4) is 0 Å². The Labute approximate surface area is 123 Å². The molecule has 0 heterocycles. The normalized spacial score (nSPS) is 18.5. The van der Waals surface area contributed by atoms with Gasteiger partial charge in [-0.2, -0.15) is 12.6 Å². The van der Waals surface area contributed by atoms with Crippen molar-refractivity contribution in [2.75, 3.05) is 12.4 Å². The highest BCUT2D eigenvalue weighted by Crippen LogP contribution is 2.37. The van der Waals surface area contributed by atoms with Gasteiger partial charge in [0.05, 0.1) is 6.61 Å². The third-order valence-corrected chi connectivity index (χ3v) is 4.99. The van der Waals surface area contributed by atoms with E-state index in [0.29, 0.717) is 11.3 Å². The number of rotatable bonds is 5. The van der Waals surface area contributed by atoms with Gasteiger partial charge in [-0.3, -0.25) is 0 Å². The van der Waals surface area contributed by atoms with Crippen molar-refractivity contribution >= 4 is 12.6 Å². The predicted molar refractivity (Wildman–Crippen MR) is 85.4 cm³/mol. The van der Waals surface area contributed by atoms with Crippen LogP contribution >= 0.6 is 12.6 Å². The zero-order chi connectivity index (χ0) is 13.7. The first kappa shape index (κ1) is 14.8. The summed E-state index contributed by atoms with van der Waals surface area (Å²) in [4.78, 5) is 0. The van der Waals surface area contributed by atoms with Crippen molar-refractivity contribution in [3.63, 3.8) is 0 Å². The summed E-state index contributed by atoms with van der Waals surface area (Å²) in [5.74, 6) is 2.51. The van der Waals surface area contributed by atoms with Crippen molar-refractivity contribution in [1.82, 2.24) is 0 Å². The highest BCUT2D eigenvalue weighted by molar-refractivity contribution is 7.80. The molecule has 0 aromatic heterocycles. The first-order valence-electron chi connectivity index (χ1n) is 7.49. The standard InChI is InChI=1S/C17H26OS/c1-14(2)15-7-6-8-16(11-15)18-12-17(13-19)9-4-3-5-10-17/h6-8,11,14,19H,3-5,9-10,12-13H2,1-2H3. The first-order chi connectivity index (χ1) is 9.15. The van der Waals surface area contributed by atoms with Crippen LogP contribution < -0.4 is 4.74 Å². The number of thiol groups is 1. The molecule has 2 heteroatoms. The zero-order valence-electron chi connectivity index (χ0n) is 12.2. The minimum Gasteiger partial charge on any atom is -0.493 e. The minimum atomic E-state index is 0.301. The predicted octanol–water partition coefficient (Wildman–Crippen LogP) is 5.07. The van der Waals surface area contributed by atoms with Crippen molar-refractivity contribution in [2.45, 2.75) is 51.9 Å². The second-order valence-electron chi connectivity index (χ2n) is 6.23. The lowest BCUT2D eigenvalue weighted by atomic mass is 9.76. The van der Waals surface area contributed by atoms with Gasteiger partial charge in [0.1, 0.15) is 5.75 Å². The van der Waals surface area contributed by atoms with E-state index in [1.54, 1.807) is 0 Å². The van der Waals surface area contributed by atoms with E-state index in [1.807, 2.05) is 0 Å². The molecule has 0 spiro atoms. The van der Waals surface area contributed by atoms with Gasteiger partial charge in [0.25, 0.3) is 0 Å². The van der Waals surface area contributed by atoms with E-state index in [4.69, 9.17) is 4.74 Å². The lowest BCUT2D eigenvalue weighted by Crippen LogP contribution is -2.32. The topological polar surface area (TPSA) is 9.23 Å². The third-order valence-electron chi connectivity index (χ3n) is 4.32. The van der Waals surface area contributed by atoms with Crippen molar-refractivity contribution in [2.24, 2.45) is 5.41 Å². The smallest absolute Gasteiger partial charge is 0.119 e. The van der Waals surface area contributed by atoms with Crippen LogP contribution in [0.2, 0.25) is 0 Å². The average molecular weight is 278 g/mol. The SMILES string of the molecule is CC(C)c1cccc(OCC2(CS)CCCCC2)c1. The summed E-state index contributed by atoms with van der Waals surface area (Å²) in [7, 11) is 0. The molecule has 19 heavy (non-hydrogen) atoms. The molecule has 1 aromatic carbocycles. The zero-order valence-corrected chi connectivity index (χ0v) is 13.1. The fourth-order valence-electron chi connectivity index (χ4n) is 2.85. The number of benzene rings is 1. The van der Waals surface area contributed by atoms with Crippen molar-refractivity contribution in [1.29, 1.82) is 0 Å². The molecule has 0 N–H and O–H groups in total. The van der Waals surface area contributed by atoms with E-state index in [2.05, 4.69) is 50.7 Å². The number of hydrogen-bond donors (Lipinski definition) is 1. The van der Waals surface area contributed by atoms with Gasteiger partial charge < -0.3 is 4.74 Å². The van der Waals surface area contributed by atoms with E-state index in [1.165, 1.54) is 37.7 Å². The van der Waals surface area contributed by atoms with E-state index in [0.717, 1.165) is 18.1 Å². The summed E-state index contributed by atoms with van der Waals surface area (Å²) in [5, 5.41) is 0. The highest BCUT2D eigenvalue weighted by atomic mass is 32.1. The summed E-state index contributed by atoms with van der Waals surface area (Å²) in [5.41, 5.74) is 1.65. The molecule has 0 bridgehead atoms. The molecule has 0 radical (unpaired) electrons. The summed E-state index contributed by atoms with van der Waals surface area (Å²) in [6.07, 6.45) is 6.56. The lowest BCUT2D eigenvalue weighted by Gasteiger charge is -2.35. The molecule has 1 nitrogen and oxygen atoms in total. The van der Waals surface area contributed by atoms with Crippen LogP contribution in [0, 0.1) is 5.41 Å². The van der Waals surface area contributed by atoms with Crippen LogP contribution in [0.5, 0.6) is 5.75 Å². The number of ether oxygens (including phenoxy) is 1. The molecule has 1 aliphatic carbocycles. The van der Waals surface area contributed by atoms with Crippen LogP contribution in [0.1, 0.15) is 57.4 Å². The molecule has 106 valence electrons. The monoisotopic (exact) mass is 278 g/mol. The second-order valence-corrected chi connectivity index (χ2v) is 6.55. The molecule has 2 rings (SSSR count). The molecule has 0 aliphatic heterocycles. The molecular weight excluding hydrogens is 252 g/mol. The van der Waals surface area contributed by atoms with Gasteiger partial charge in [-0.1, -0.05) is 45.2 Å². The van der Waals surface area contributed by atoms with Crippen LogP contribution in [0.25, 0.3) is 0 Å². The van der Waals surface area contributed by atoms with Crippen LogP contribution in [-0.4, -0.2) is 12.4 Å². The summed E-state index contributed by atoms with van der Waals surface area (Å²) in [6, 6.07) is 8.52. The fraction of sp³-hybridized carbons (Fsp3) is 0.647. The third kappa shape index (κ3) is 3.92. The molecule has 1 fully saturated rings. The Morgan fingerprint density at radius 1 is 1.21 bits per heavy atom. The summed E-state index contributed by atoms with van der Waals surface area (Å²) in [6.45, 7) is 5.25. The van der Waals surface area contributed by atoms with Crippen molar-refractivity contribution in [3.05, 3.63) is 29.8 Å². The fourth-order valence-corrected chi connectivity index (χ4v) is 3.26. The van der Waals surface area contributed by atoms with Gasteiger partial charge in [-0.05, 0) is 42.2 Å². The molecule has 1 aliphatic rings. The van der Waals surface area contributed by atoms with Gasteiger partial charge in [0.15, 0.2) is 0 Å². The molecule has 1 aromatic rings. The van der Waals surface area contributed by atoms with Gasteiger partial charge in [-0.25, -0.2) is 0 Å². The quantitative estimate of drug-likeness (QED) is 0.740.